The average molecular weight is 157 g/mol. The first-order valence-corrected chi connectivity index (χ1v) is 3.19. The van der Waals surface area contributed by atoms with Gasteiger partial charge in [0.1, 0.15) is 0 Å². The molecule has 1 aliphatic rings. The van der Waals surface area contributed by atoms with Gasteiger partial charge >= 0.3 is 0 Å². The van der Waals surface area contributed by atoms with Gasteiger partial charge in [0.2, 0.25) is 0 Å². The lowest BCUT2D eigenvalue weighted by atomic mass is 10.6. The monoisotopic (exact) mass is 156 g/mol. The summed E-state index contributed by atoms with van der Waals surface area (Å²) >= 11 is 11.0. The topological polar surface area (TPSA) is 18.5 Å². The molecule has 0 aliphatic carbocycles. The summed E-state index contributed by atoms with van der Waals surface area (Å²) in [4.78, 5) is 0. The molecule has 0 spiro atoms. The molecule has 4 heteroatoms. The fraction of sp³-hybridized carbons (Fsp3) is 1.00. The van der Waals surface area contributed by atoms with Crippen molar-refractivity contribution in [1.29, 1.82) is 0 Å². The van der Waals surface area contributed by atoms with E-state index in [4.69, 9.17) is 32.7 Å². The van der Waals surface area contributed by atoms with E-state index in [2.05, 4.69) is 0 Å². The lowest BCUT2D eigenvalue weighted by Gasteiger charge is -2.22. The van der Waals surface area contributed by atoms with E-state index in [0.717, 1.165) is 0 Å². The zero-order chi connectivity index (χ0) is 5.98. The molecule has 0 aromatic carbocycles. The Morgan fingerprint density at radius 3 is 1.62 bits per heavy atom. The summed E-state index contributed by atoms with van der Waals surface area (Å²) < 4.78 is 9.80. The van der Waals surface area contributed by atoms with E-state index in [-0.39, 0.29) is 0 Å². The molecular weight excluding hydrogens is 151 g/mol. The fourth-order valence-corrected chi connectivity index (χ4v) is 0.796. The standard InChI is InChI=1S/C4H6Cl2O2/c5-3-4(6)8-2-1-7-3/h3-4H,1-2H2/t3-,4+. The van der Waals surface area contributed by atoms with Gasteiger partial charge in [0.05, 0.1) is 13.2 Å². The first kappa shape index (κ1) is 6.62. The van der Waals surface area contributed by atoms with Crippen molar-refractivity contribution in [3.63, 3.8) is 0 Å². The quantitative estimate of drug-likeness (QED) is 0.491. The Hall–Kier alpha value is 0.500. The van der Waals surface area contributed by atoms with E-state index < -0.39 is 11.1 Å². The third-order valence-corrected chi connectivity index (χ3v) is 1.68. The van der Waals surface area contributed by atoms with Crippen LogP contribution >= 0.6 is 23.2 Å². The van der Waals surface area contributed by atoms with Crippen molar-refractivity contribution in [1.82, 2.24) is 0 Å². The minimum absolute atomic E-state index is 0.481. The summed E-state index contributed by atoms with van der Waals surface area (Å²) in [5.74, 6) is 0. The van der Waals surface area contributed by atoms with Crippen LogP contribution in [-0.4, -0.2) is 24.3 Å². The number of hydrogen-bond donors (Lipinski definition) is 0. The Balaban J connectivity index is 2.28. The van der Waals surface area contributed by atoms with Gasteiger partial charge in [-0.15, -0.1) is 0 Å². The molecule has 1 heterocycles. The summed E-state index contributed by atoms with van der Waals surface area (Å²) in [6, 6.07) is 0. The third-order valence-electron chi connectivity index (χ3n) is 0.844. The van der Waals surface area contributed by atoms with Crippen molar-refractivity contribution in [3.8, 4) is 0 Å². The molecule has 48 valence electrons. The zero-order valence-corrected chi connectivity index (χ0v) is 5.65. The highest BCUT2D eigenvalue weighted by molar-refractivity contribution is 6.28. The smallest absolute Gasteiger partial charge is 0.171 e. The number of rotatable bonds is 0. The van der Waals surface area contributed by atoms with Gasteiger partial charge in [-0.05, 0) is 0 Å². The van der Waals surface area contributed by atoms with Gasteiger partial charge in [0.15, 0.2) is 11.1 Å². The molecule has 1 fully saturated rings. The molecule has 1 rings (SSSR count). The van der Waals surface area contributed by atoms with Crippen molar-refractivity contribution in [2.45, 2.75) is 11.1 Å². The predicted molar refractivity (Wildman–Crippen MR) is 31.2 cm³/mol. The normalized spacial score (nSPS) is 39.8. The highest BCUT2D eigenvalue weighted by Crippen LogP contribution is 2.16. The van der Waals surface area contributed by atoms with Crippen LogP contribution in [0, 0.1) is 0 Å². The van der Waals surface area contributed by atoms with Crippen LogP contribution < -0.4 is 0 Å². The second-order valence-electron chi connectivity index (χ2n) is 1.44. The van der Waals surface area contributed by atoms with Crippen molar-refractivity contribution in [2.75, 3.05) is 13.2 Å². The molecule has 0 bridgehead atoms. The molecule has 8 heavy (non-hydrogen) atoms. The van der Waals surface area contributed by atoms with Crippen molar-refractivity contribution in [3.05, 3.63) is 0 Å². The van der Waals surface area contributed by atoms with E-state index in [1.807, 2.05) is 0 Å². The predicted octanol–water partition coefficient (Wildman–Crippen LogP) is 1.16. The van der Waals surface area contributed by atoms with Crippen LogP contribution in [0.25, 0.3) is 0 Å². The van der Waals surface area contributed by atoms with E-state index in [9.17, 15) is 0 Å². The SMILES string of the molecule is Cl[C@@H]1OCCO[C@@H]1Cl. The lowest BCUT2D eigenvalue weighted by Crippen LogP contribution is -2.30. The molecule has 0 aromatic rings. The van der Waals surface area contributed by atoms with Crippen LogP contribution in [0.1, 0.15) is 0 Å². The van der Waals surface area contributed by atoms with Crippen LogP contribution in [0.2, 0.25) is 0 Å². The molecule has 2 nitrogen and oxygen atoms in total. The summed E-state index contributed by atoms with van der Waals surface area (Å²) in [7, 11) is 0. The second kappa shape index (κ2) is 2.87. The van der Waals surface area contributed by atoms with Gasteiger partial charge in [0.25, 0.3) is 0 Å². The van der Waals surface area contributed by atoms with Gasteiger partial charge < -0.3 is 9.47 Å². The van der Waals surface area contributed by atoms with E-state index in [0.29, 0.717) is 13.2 Å². The van der Waals surface area contributed by atoms with Crippen molar-refractivity contribution >= 4 is 23.2 Å². The Morgan fingerprint density at radius 2 is 1.38 bits per heavy atom. The van der Waals surface area contributed by atoms with Crippen molar-refractivity contribution < 1.29 is 9.47 Å². The van der Waals surface area contributed by atoms with Crippen LogP contribution in [0.15, 0.2) is 0 Å². The largest absolute Gasteiger partial charge is 0.356 e. The van der Waals surface area contributed by atoms with E-state index in [1.54, 1.807) is 0 Å². The first-order chi connectivity index (χ1) is 3.80. The molecular formula is C4H6Cl2O2. The fourth-order valence-electron chi connectivity index (χ4n) is 0.473. The zero-order valence-electron chi connectivity index (χ0n) is 4.14. The Morgan fingerprint density at radius 1 is 1.00 bits per heavy atom. The minimum Gasteiger partial charge on any atom is -0.356 e. The Bertz CT molecular complexity index is 68.4. The first-order valence-electron chi connectivity index (χ1n) is 2.32. The average Bonchev–Trinajstić information content (AvgIpc) is 1.77. The molecule has 2 atom stereocenters. The van der Waals surface area contributed by atoms with Crippen LogP contribution in [0.4, 0.5) is 0 Å². The molecule has 0 amide bonds. The second-order valence-corrected chi connectivity index (χ2v) is 2.30. The van der Waals surface area contributed by atoms with Gasteiger partial charge in [-0.2, -0.15) is 0 Å². The van der Waals surface area contributed by atoms with Crippen LogP contribution in [0.5, 0.6) is 0 Å². The minimum atomic E-state index is -0.481. The highest BCUT2D eigenvalue weighted by Gasteiger charge is 2.21. The summed E-state index contributed by atoms with van der Waals surface area (Å²) in [6.45, 7) is 1.08. The number of alkyl halides is 2. The molecule has 0 N–H and O–H groups in total. The molecule has 0 aromatic heterocycles. The van der Waals surface area contributed by atoms with Gasteiger partial charge in [-0.1, -0.05) is 23.2 Å². The molecule has 0 radical (unpaired) electrons. The maximum atomic E-state index is 5.49. The number of hydrogen-bond acceptors (Lipinski definition) is 2. The molecule has 0 saturated carbocycles. The molecule has 1 aliphatic heterocycles. The van der Waals surface area contributed by atoms with Gasteiger partial charge in [-0.25, -0.2) is 0 Å². The van der Waals surface area contributed by atoms with Gasteiger partial charge in [0, 0.05) is 0 Å². The molecule has 0 unspecified atom stereocenters. The van der Waals surface area contributed by atoms with Crippen LogP contribution in [-0.2, 0) is 9.47 Å². The van der Waals surface area contributed by atoms with Gasteiger partial charge in [-0.3, -0.25) is 0 Å². The summed E-state index contributed by atoms with van der Waals surface area (Å²) in [5, 5.41) is 0. The Kier molecular flexibility index (Phi) is 2.38. The Labute approximate surface area is 57.7 Å². The molecule has 1 saturated heterocycles. The van der Waals surface area contributed by atoms with E-state index in [1.165, 1.54) is 0 Å². The maximum Gasteiger partial charge on any atom is 0.171 e. The number of halogens is 2. The third kappa shape index (κ3) is 1.49. The number of ether oxygens (including phenoxy) is 2. The van der Waals surface area contributed by atoms with E-state index >= 15 is 0 Å². The highest BCUT2D eigenvalue weighted by atomic mass is 35.5. The maximum absolute atomic E-state index is 5.49. The van der Waals surface area contributed by atoms with Crippen LogP contribution in [0.3, 0.4) is 0 Å². The summed E-state index contributed by atoms with van der Waals surface area (Å²) in [6.07, 6.45) is 0. The summed E-state index contributed by atoms with van der Waals surface area (Å²) in [5.41, 5.74) is -0.962. The lowest BCUT2D eigenvalue weighted by molar-refractivity contribution is -0.0728. The van der Waals surface area contributed by atoms with Crippen molar-refractivity contribution in [2.24, 2.45) is 0 Å².